The summed E-state index contributed by atoms with van der Waals surface area (Å²) in [6, 6.07) is 28.3. The summed E-state index contributed by atoms with van der Waals surface area (Å²) in [4.78, 5) is 14.3. The van der Waals surface area contributed by atoms with Crippen LogP contribution in [0.3, 0.4) is 0 Å². The number of aliphatic hydroxyl groups is 1. The molecule has 4 aromatic rings. The molecule has 1 amide bonds. The van der Waals surface area contributed by atoms with Gasteiger partial charge in [0.15, 0.2) is 6.10 Å². The molecule has 1 aliphatic rings. The molecule has 182 valence electrons. The first-order chi connectivity index (χ1) is 17.5. The van der Waals surface area contributed by atoms with E-state index in [0.29, 0.717) is 17.0 Å². The third-order valence-corrected chi connectivity index (χ3v) is 6.12. The van der Waals surface area contributed by atoms with Crippen LogP contribution in [-0.4, -0.2) is 35.1 Å². The van der Waals surface area contributed by atoms with E-state index >= 15 is 0 Å². The maximum absolute atomic E-state index is 13.5. The van der Waals surface area contributed by atoms with Gasteiger partial charge in [0.1, 0.15) is 36.1 Å². The zero-order valence-corrected chi connectivity index (χ0v) is 19.2. The molecule has 36 heavy (non-hydrogen) atoms. The smallest absolute Gasteiger partial charge is 0.415 e. The predicted molar refractivity (Wildman–Crippen MR) is 133 cm³/mol. The van der Waals surface area contributed by atoms with Gasteiger partial charge in [-0.05, 0) is 53.6 Å². The second kappa shape index (κ2) is 10.1. The molecular formula is C29H24FNO5. The van der Waals surface area contributed by atoms with Gasteiger partial charge in [-0.3, -0.25) is 4.90 Å². The molecule has 1 heterocycles. The lowest BCUT2D eigenvalue weighted by molar-refractivity contribution is -0.00635. The number of rotatable bonds is 7. The molecule has 0 bridgehead atoms. The summed E-state index contributed by atoms with van der Waals surface area (Å²) in [6.07, 6.45) is -2.83. The molecule has 3 unspecified atom stereocenters. The molecule has 3 atom stereocenters. The summed E-state index contributed by atoms with van der Waals surface area (Å²) < 4.78 is 25.2. The van der Waals surface area contributed by atoms with E-state index in [-0.39, 0.29) is 12.4 Å². The van der Waals surface area contributed by atoms with Gasteiger partial charge in [-0.15, -0.1) is 0 Å². The highest BCUT2D eigenvalue weighted by Crippen LogP contribution is 2.39. The topological polar surface area (TPSA) is 79.2 Å². The van der Waals surface area contributed by atoms with Crippen LogP contribution in [0.5, 0.6) is 11.5 Å². The third-order valence-electron chi connectivity index (χ3n) is 6.12. The highest BCUT2D eigenvalue weighted by Gasteiger charge is 2.47. The second-order valence-corrected chi connectivity index (χ2v) is 8.47. The number of aromatic hydroxyl groups is 1. The molecule has 2 N–H and O–H groups in total. The molecule has 0 saturated carbocycles. The normalized spacial score (nSPS) is 18.1. The van der Waals surface area contributed by atoms with Crippen LogP contribution < -0.4 is 9.64 Å². The first-order valence-corrected chi connectivity index (χ1v) is 11.5. The zero-order valence-electron chi connectivity index (χ0n) is 19.2. The fraction of sp³-hybridized carbons (Fsp3) is 0.138. The van der Waals surface area contributed by atoms with Crippen molar-refractivity contribution >= 4 is 11.8 Å². The molecule has 1 saturated heterocycles. The van der Waals surface area contributed by atoms with Crippen molar-refractivity contribution in [3.05, 3.63) is 115 Å². The lowest BCUT2D eigenvalue weighted by Crippen LogP contribution is -2.38. The molecule has 1 aliphatic heterocycles. The minimum Gasteiger partial charge on any atom is -0.508 e. The van der Waals surface area contributed by atoms with Gasteiger partial charge in [-0.25, -0.2) is 9.18 Å². The number of cyclic esters (lactones) is 1. The molecule has 0 radical (unpaired) electrons. The highest BCUT2D eigenvalue weighted by molar-refractivity contribution is 5.91. The van der Waals surface area contributed by atoms with E-state index in [1.807, 2.05) is 54.6 Å². The molecule has 7 heteroatoms. The van der Waals surface area contributed by atoms with Crippen molar-refractivity contribution < 1.29 is 28.9 Å². The van der Waals surface area contributed by atoms with Crippen LogP contribution in [0.2, 0.25) is 0 Å². The minimum atomic E-state index is -1.18. The summed E-state index contributed by atoms with van der Waals surface area (Å²) in [5.41, 5.74) is 2.90. The molecule has 0 spiro atoms. The number of anilines is 1. The van der Waals surface area contributed by atoms with Gasteiger partial charge in [0.05, 0.1) is 0 Å². The van der Waals surface area contributed by atoms with Gasteiger partial charge >= 0.3 is 6.09 Å². The number of phenolic OH excluding ortho intramolecular Hbond substituents is 1. The number of carbonyl (C=O) groups excluding carboxylic acids is 1. The first-order valence-electron chi connectivity index (χ1n) is 11.5. The largest absolute Gasteiger partial charge is 0.508 e. The predicted octanol–water partition coefficient (Wildman–Crippen LogP) is 5.70. The van der Waals surface area contributed by atoms with E-state index < -0.39 is 30.2 Å². The Kier molecular flexibility index (Phi) is 6.56. The minimum absolute atomic E-state index is 0.0651. The molecule has 1 fully saturated rings. The summed E-state index contributed by atoms with van der Waals surface area (Å²) in [5.74, 6) is 0.216. The third kappa shape index (κ3) is 4.74. The summed E-state index contributed by atoms with van der Waals surface area (Å²) in [5, 5.41) is 20.9. The van der Waals surface area contributed by atoms with Gasteiger partial charge in [0.25, 0.3) is 0 Å². The fourth-order valence-corrected chi connectivity index (χ4v) is 4.38. The van der Waals surface area contributed by atoms with Gasteiger partial charge in [-0.1, -0.05) is 60.7 Å². The van der Waals surface area contributed by atoms with Crippen molar-refractivity contribution in [1.82, 2.24) is 0 Å². The Morgan fingerprint density at radius 2 is 1.56 bits per heavy atom. The van der Waals surface area contributed by atoms with Crippen LogP contribution in [0.15, 0.2) is 103 Å². The van der Waals surface area contributed by atoms with Crippen molar-refractivity contribution in [2.45, 2.75) is 18.2 Å². The SMILES string of the molecule is O=C1OC(C(O)COc2ccccc2-c2ccccc2)C(c2ccc(O)cc2)N1c1ccc(F)cc1. The lowest BCUT2D eigenvalue weighted by atomic mass is 9.96. The maximum Gasteiger partial charge on any atom is 0.415 e. The van der Waals surface area contributed by atoms with E-state index in [9.17, 15) is 19.4 Å². The average molecular weight is 486 g/mol. The van der Waals surface area contributed by atoms with Gasteiger partial charge in [-0.2, -0.15) is 0 Å². The Morgan fingerprint density at radius 1 is 0.889 bits per heavy atom. The van der Waals surface area contributed by atoms with Gasteiger partial charge in [0, 0.05) is 11.3 Å². The summed E-state index contributed by atoms with van der Waals surface area (Å²) in [6.45, 7) is -0.131. The number of benzene rings is 4. The molecule has 4 aromatic carbocycles. The van der Waals surface area contributed by atoms with Crippen LogP contribution in [0.4, 0.5) is 14.9 Å². The quantitative estimate of drug-likeness (QED) is 0.351. The van der Waals surface area contributed by atoms with E-state index in [1.54, 1.807) is 12.1 Å². The van der Waals surface area contributed by atoms with E-state index in [4.69, 9.17) is 9.47 Å². The maximum atomic E-state index is 13.5. The van der Waals surface area contributed by atoms with Crippen molar-refractivity contribution in [3.8, 4) is 22.6 Å². The van der Waals surface area contributed by atoms with Gasteiger partial charge < -0.3 is 19.7 Å². The van der Waals surface area contributed by atoms with Crippen molar-refractivity contribution in [1.29, 1.82) is 0 Å². The number of aliphatic hydroxyl groups excluding tert-OH is 1. The number of amides is 1. The Balaban J connectivity index is 1.42. The van der Waals surface area contributed by atoms with Crippen LogP contribution >= 0.6 is 0 Å². The number of hydrogen-bond donors (Lipinski definition) is 2. The average Bonchev–Trinajstić information content (AvgIpc) is 3.26. The molecule has 5 rings (SSSR count). The van der Waals surface area contributed by atoms with Crippen molar-refractivity contribution in [2.24, 2.45) is 0 Å². The lowest BCUT2D eigenvalue weighted by Gasteiger charge is -2.27. The van der Waals surface area contributed by atoms with E-state index in [2.05, 4.69) is 0 Å². The van der Waals surface area contributed by atoms with Crippen LogP contribution in [-0.2, 0) is 4.74 Å². The van der Waals surface area contributed by atoms with Crippen LogP contribution in [0, 0.1) is 5.82 Å². The van der Waals surface area contributed by atoms with E-state index in [1.165, 1.54) is 41.3 Å². The van der Waals surface area contributed by atoms with Crippen LogP contribution in [0.1, 0.15) is 11.6 Å². The molecule has 6 nitrogen and oxygen atoms in total. The Morgan fingerprint density at radius 3 is 2.28 bits per heavy atom. The zero-order chi connectivity index (χ0) is 25.1. The number of halogens is 1. The number of carbonyl (C=O) groups is 1. The standard InChI is InChI=1S/C29H24FNO5/c30-21-12-14-22(15-13-21)31-27(20-10-16-23(32)17-11-20)28(36-29(31)34)25(33)18-35-26-9-5-4-8-24(26)19-6-2-1-3-7-19/h1-17,25,27-28,32-33H,18H2. The summed E-state index contributed by atoms with van der Waals surface area (Å²) >= 11 is 0. The number of ether oxygens (including phenoxy) is 2. The van der Waals surface area contributed by atoms with Gasteiger partial charge in [0.2, 0.25) is 0 Å². The van der Waals surface area contributed by atoms with Crippen molar-refractivity contribution in [3.63, 3.8) is 0 Å². The Labute approximate surface area is 207 Å². The highest BCUT2D eigenvalue weighted by atomic mass is 19.1. The summed E-state index contributed by atoms with van der Waals surface area (Å²) in [7, 11) is 0. The Hall–Kier alpha value is -4.36. The fourth-order valence-electron chi connectivity index (χ4n) is 4.38. The Bertz CT molecular complexity index is 1330. The monoisotopic (exact) mass is 485 g/mol. The molecular weight excluding hydrogens is 461 g/mol. The number of para-hydroxylation sites is 1. The number of nitrogens with zero attached hydrogens (tertiary/aromatic N) is 1. The molecule has 0 aromatic heterocycles. The van der Waals surface area contributed by atoms with Crippen LogP contribution in [0.25, 0.3) is 11.1 Å². The number of phenols is 1. The van der Waals surface area contributed by atoms with E-state index in [0.717, 1.165) is 11.1 Å². The molecule has 0 aliphatic carbocycles. The second-order valence-electron chi connectivity index (χ2n) is 8.47. The van der Waals surface area contributed by atoms with Crippen molar-refractivity contribution in [2.75, 3.05) is 11.5 Å². The number of hydrogen-bond acceptors (Lipinski definition) is 5. The first kappa shape index (κ1) is 23.4.